The van der Waals surface area contributed by atoms with Crippen LogP contribution in [0, 0.1) is 11.8 Å². The van der Waals surface area contributed by atoms with Gasteiger partial charge in [-0.05, 0) is 11.1 Å². The maximum Gasteiger partial charge on any atom is 0.224 e. The summed E-state index contributed by atoms with van der Waals surface area (Å²) in [6, 6.07) is 19.1. The molecule has 0 radical (unpaired) electrons. The van der Waals surface area contributed by atoms with Crippen molar-refractivity contribution in [1.29, 1.82) is 0 Å². The summed E-state index contributed by atoms with van der Waals surface area (Å²) in [5.41, 5.74) is 1.96. The number of hydrogen-bond donors (Lipinski definition) is 2. The molecule has 5 heteroatoms. The average Bonchev–Trinajstić information content (AvgIpc) is 3.08. The number of carbonyl (C=O) groups excluding carboxylic acids is 3. The fraction of sp³-hybridized carbons (Fsp3) is 0.286. The number of hydrogen-bond acceptors (Lipinski definition) is 3. The van der Waals surface area contributed by atoms with Crippen LogP contribution < -0.4 is 10.6 Å². The summed E-state index contributed by atoms with van der Waals surface area (Å²) in [6.45, 7) is 0.783. The molecule has 0 aromatic heterocycles. The molecule has 0 saturated heterocycles. The smallest absolute Gasteiger partial charge is 0.224 e. The first-order chi connectivity index (χ1) is 12.6. The van der Waals surface area contributed by atoms with Gasteiger partial charge in [-0.1, -0.05) is 60.7 Å². The second-order valence-corrected chi connectivity index (χ2v) is 6.57. The Balaban J connectivity index is 1.57. The third-order valence-electron chi connectivity index (χ3n) is 4.67. The maximum absolute atomic E-state index is 12.5. The van der Waals surface area contributed by atoms with E-state index in [9.17, 15) is 14.4 Å². The first-order valence-electron chi connectivity index (χ1n) is 8.78. The normalized spacial score (nSPS) is 19.2. The Kier molecular flexibility index (Phi) is 5.79. The molecule has 1 saturated carbocycles. The minimum atomic E-state index is -0.595. The highest BCUT2D eigenvalue weighted by Gasteiger charge is 2.41. The summed E-state index contributed by atoms with van der Waals surface area (Å²) in [7, 11) is 0. The van der Waals surface area contributed by atoms with Gasteiger partial charge in [0.05, 0.1) is 11.8 Å². The SMILES string of the molecule is O=C1CC(C(=O)NCc2ccccc2)C(C(=O)NCc2ccccc2)C1. The number of rotatable bonds is 6. The Morgan fingerprint density at radius 2 is 1.12 bits per heavy atom. The van der Waals surface area contributed by atoms with Crippen LogP contribution in [0.1, 0.15) is 24.0 Å². The van der Waals surface area contributed by atoms with Crippen molar-refractivity contribution in [2.75, 3.05) is 0 Å². The van der Waals surface area contributed by atoms with Crippen molar-refractivity contribution in [3.05, 3.63) is 71.8 Å². The van der Waals surface area contributed by atoms with Gasteiger partial charge in [0.2, 0.25) is 11.8 Å². The summed E-state index contributed by atoms with van der Waals surface area (Å²) in [6.07, 6.45) is 0.258. The number of carbonyl (C=O) groups is 3. The molecule has 0 bridgehead atoms. The number of Topliss-reactive ketones (excluding diaryl/α,β-unsaturated/α-hetero) is 1. The second kappa shape index (κ2) is 8.43. The monoisotopic (exact) mass is 350 g/mol. The molecule has 5 nitrogen and oxygen atoms in total. The van der Waals surface area contributed by atoms with E-state index in [0.29, 0.717) is 13.1 Å². The van der Waals surface area contributed by atoms with Crippen molar-refractivity contribution >= 4 is 17.6 Å². The van der Waals surface area contributed by atoms with Crippen LogP contribution >= 0.6 is 0 Å². The molecule has 2 aromatic carbocycles. The lowest BCUT2D eigenvalue weighted by Crippen LogP contribution is -2.39. The maximum atomic E-state index is 12.5. The van der Waals surface area contributed by atoms with Crippen LogP contribution in [0.3, 0.4) is 0 Å². The predicted octanol–water partition coefficient (Wildman–Crippen LogP) is 2.21. The molecule has 3 rings (SSSR count). The van der Waals surface area contributed by atoms with E-state index >= 15 is 0 Å². The lowest BCUT2D eigenvalue weighted by Gasteiger charge is -2.18. The minimum Gasteiger partial charge on any atom is -0.352 e. The number of ketones is 1. The minimum absolute atomic E-state index is 0.0373. The van der Waals surface area contributed by atoms with Crippen LogP contribution in [-0.4, -0.2) is 17.6 Å². The summed E-state index contributed by atoms with van der Waals surface area (Å²) in [5, 5.41) is 5.70. The molecule has 1 aliphatic rings. The molecular formula is C21H22N2O3. The Morgan fingerprint density at radius 3 is 1.50 bits per heavy atom. The van der Waals surface area contributed by atoms with Gasteiger partial charge in [-0.2, -0.15) is 0 Å². The van der Waals surface area contributed by atoms with E-state index in [0.717, 1.165) is 11.1 Å². The molecule has 2 aromatic rings. The van der Waals surface area contributed by atoms with Crippen LogP contribution in [0.15, 0.2) is 60.7 Å². The van der Waals surface area contributed by atoms with Gasteiger partial charge < -0.3 is 10.6 Å². The quantitative estimate of drug-likeness (QED) is 0.839. The molecule has 1 aliphatic carbocycles. The van der Waals surface area contributed by atoms with Crippen molar-refractivity contribution in [2.24, 2.45) is 11.8 Å². The van der Waals surface area contributed by atoms with Gasteiger partial charge in [0.15, 0.2) is 0 Å². The molecule has 0 aliphatic heterocycles. The van der Waals surface area contributed by atoms with Gasteiger partial charge >= 0.3 is 0 Å². The summed E-state index contributed by atoms with van der Waals surface area (Å²) < 4.78 is 0. The van der Waals surface area contributed by atoms with Gasteiger partial charge in [0.1, 0.15) is 5.78 Å². The molecule has 2 amide bonds. The van der Waals surface area contributed by atoms with E-state index in [4.69, 9.17) is 0 Å². The molecule has 2 atom stereocenters. The van der Waals surface area contributed by atoms with Gasteiger partial charge in [0.25, 0.3) is 0 Å². The zero-order valence-electron chi connectivity index (χ0n) is 14.5. The zero-order chi connectivity index (χ0) is 18.4. The third kappa shape index (κ3) is 4.57. The molecule has 26 heavy (non-hydrogen) atoms. The Bertz CT molecular complexity index is 709. The highest BCUT2D eigenvalue weighted by atomic mass is 16.2. The molecule has 1 fully saturated rings. The number of amides is 2. The van der Waals surface area contributed by atoms with E-state index in [2.05, 4.69) is 10.6 Å². The van der Waals surface area contributed by atoms with Crippen molar-refractivity contribution in [3.63, 3.8) is 0 Å². The third-order valence-corrected chi connectivity index (χ3v) is 4.67. The van der Waals surface area contributed by atoms with Crippen LogP contribution in [0.4, 0.5) is 0 Å². The average molecular weight is 350 g/mol. The van der Waals surface area contributed by atoms with Crippen molar-refractivity contribution in [1.82, 2.24) is 10.6 Å². The van der Waals surface area contributed by atoms with Crippen LogP contribution in [-0.2, 0) is 27.5 Å². The molecule has 2 unspecified atom stereocenters. The fourth-order valence-electron chi connectivity index (χ4n) is 3.24. The van der Waals surface area contributed by atoms with E-state index in [-0.39, 0.29) is 30.4 Å². The zero-order valence-corrected chi connectivity index (χ0v) is 14.5. The Labute approximate surface area is 152 Å². The van der Waals surface area contributed by atoms with Crippen molar-refractivity contribution in [2.45, 2.75) is 25.9 Å². The number of benzene rings is 2. The van der Waals surface area contributed by atoms with Crippen molar-refractivity contribution < 1.29 is 14.4 Å². The number of nitrogens with one attached hydrogen (secondary N) is 2. The molecule has 0 heterocycles. The van der Waals surface area contributed by atoms with E-state index in [1.54, 1.807) is 0 Å². The fourth-order valence-corrected chi connectivity index (χ4v) is 3.24. The van der Waals surface area contributed by atoms with Crippen LogP contribution in [0.5, 0.6) is 0 Å². The molecular weight excluding hydrogens is 328 g/mol. The van der Waals surface area contributed by atoms with Crippen molar-refractivity contribution in [3.8, 4) is 0 Å². The Hall–Kier alpha value is -2.95. The van der Waals surface area contributed by atoms with Gasteiger partial charge in [0, 0.05) is 25.9 Å². The van der Waals surface area contributed by atoms with Crippen LogP contribution in [0.2, 0.25) is 0 Å². The standard InChI is InChI=1S/C21H22N2O3/c24-17-11-18(20(25)22-13-15-7-3-1-4-8-15)19(12-17)21(26)23-14-16-9-5-2-6-10-16/h1-10,18-19H,11-14H2,(H,22,25)(H,23,26). The van der Waals surface area contributed by atoms with E-state index in [1.165, 1.54) is 0 Å². The molecule has 134 valence electrons. The van der Waals surface area contributed by atoms with E-state index < -0.39 is 11.8 Å². The van der Waals surface area contributed by atoms with Gasteiger partial charge in [-0.25, -0.2) is 0 Å². The predicted molar refractivity (Wildman–Crippen MR) is 97.8 cm³/mol. The summed E-state index contributed by atoms with van der Waals surface area (Å²) in [4.78, 5) is 36.9. The lowest BCUT2D eigenvalue weighted by molar-refractivity contribution is -0.133. The van der Waals surface area contributed by atoms with Gasteiger partial charge in [-0.3, -0.25) is 14.4 Å². The largest absolute Gasteiger partial charge is 0.352 e. The van der Waals surface area contributed by atoms with Crippen LogP contribution in [0.25, 0.3) is 0 Å². The second-order valence-electron chi connectivity index (χ2n) is 6.57. The first kappa shape index (κ1) is 17.9. The summed E-state index contributed by atoms with van der Waals surface area (Å²) >= 11 is 0. The molecule has 0 spiro atoms. The highest BCUT2D eigenvalue weighted by molar-refractivity contribution is 5.98. The summed E-state index contributed by atoms with van der Waals surface area (Å²) in [5.74, 6) is -1.70. The highest BCUT2D eigenvalue weighted by Crippen LogP contribution is 2.30. The van der Waals surface area contributed by atoms with E-state index in [1.807, 2.05) is 60.7 Å². The Morgan fingerprint density at radius 1 is 0.731 bits per heavy atom. The van der Waals surface area contributed by atoms with Gasteiger partial charge in [-0.15, -0.1) is 0 Å². The topological polar surface area (TPSA) is 75.3 Å². The lowest BCUT2D eigenvalue weighted by atomic mass is 9.94. The first-order valence-corrected chi connectivity index (χ1v) is 8.78. The molecule has 2 N–H and O–H groups in total.